The Labute approximate surface area is 127 Å². The number of alkyl halides is 3. The summed E-state index contributed by atoms with van der Waals surface area (Å²) in [4.78, 5) is 12.5. The number of rotatable bonds is 6. The van der Waals surface area contributed by atoms with E-state index in [-0.39, 0.29) is 0 Å². The Morgan fingerprint density at radius 1 is 1.27 bits per heavy atom. The molecule has 0 bridgehead atoms. The van der Waals surface area contributed by atoms with E-state index in [1.165, 1.54) is 6.92 Å². The Morgan fingerprint density at radius 3 is 2.32 bits per heavy atom. The van der Waals surface area contributed by atoms with Crippen molar-refractivity contribution < 1.29 is 26.4 Å². The second kappa shape index (κ2) is 7.10. The lowest BCUT2D eigenvalue weighted by atomic mass is 10.2. The highest BCUT2D eigenvalue weighted by Crippen LogP contribution is 2.17. The number of halogens is 3. The molecule has 0 saturated heterocycles. The first-order valence-electron chi connectivity index (χ1n) is 6.35. The Hall–Kier alpha value is -1.61. The summed E-state index contributed by atoms with van der Waals surface area (Å²) in [5, 5.41) is 0. The number of hydrogen-bond acceptors (Lipinski definition) is 4. The number of amides is 1. The van der Waals surface area contributed by atoms with Crippen LogP contribution in [0.2, 0.25) is 0 Å². The molecule has 1 rings (SSSR count). The highest BCUT2D eigenvalue weighted by molar-refractivity contribution is 7.89. The van der Waals surface area contributed by atoms with E-state index in [1.807, 2.05) is 0 Å². The summed E-state index contributed by atoms with van der Waals surface area (Å²) in [5.41, 5.74) is 0.471. The van der Waals surface area contributed by atoms with Crippen LogP contribution in [-0.2, 0) is 20.6 Å². The van der Waals surface area contributed by atoms with Crippen LogP contribution in [0, 0.1) is 0 Å². The van der Waals surface area contributed by atoms with Gasteiger partial charge in [0.1, 0.15) is 0 Å². The highest BCUT2D eigenvalue weighted by Gasteiger charge is 2.33. The van der Waals surface area contributed by atoms with Crippen molar-refractivity contribution in [3.05, 3.63) is 35.9 Å². The largest absolute Gasteiger partial charge is 0.401 e. The zero-order valence-corrected chi connectivity index (χ0v) is 12.9. The van der Waals surface area contributed by atoms with Crippen molar-refractivity contribution in [3.63, 3.8) is 0 Å². The monoisotopic (exact) mass is 338 g/mol. The van der Waals surface area contributed by atoms with E-state index in [0.29, 0.717) is 5.56 Å². The molecule has 0 aliphatic heterocycles. The number of carbonyl (C=O) groups is 1. The van der Waals surface area contributed by atoms with Gasteiger partial charge in [-0.25, -0.2) is 8.42 Å². The topological polar surface area (TPSA) is 66.5 Å². The van der Waals surface area contributed by atoms with Crippen LogP contribution >= 0.6 is 0 Å². The molecule has 0 aliphatic carbocycles. The van der Waals surface area contributed by atoms with E-state index in [9.17, 15) is 26.4 Å². The second-order valence-corrected chi connectivity index (χ2v) is 6.64. The maximum atomic E-state index is 12.3. The third-order valence-electron chi connectivity index (χ3n) is 2.92. The van der Waals surface area contributed by atoms with Crippen LogP contribution in [0.1, 0.15) is 12.5 Å². The minimum absolute atomic E-state index is 0.421. The molecular weight excluding hydrogens is 321 g/mol. The number of carbonyl (C=O) groups excluding carboxylic acids is 1. The normalized spacial score (nSPS) is 13.9. The van der Waals surface area contributed by atoms with Crippen LogP contribution in [0.5, 0.6) is 0 Å². The molecule has 1 aromatic rings. The maximum Gasteiger partial charge on any atom is 0.401 e. The summed E-state index contributed by atoms with van der Waals surface area (Å²) >= 11 is 0. The van der Waals surface area contributed by atoms with Gasteiger partial charge in [0.05, 0.1) is 18.3 Å². The minimum Gasteiger partial charge on any atom is -0.287 e. The van der Waals surface area contributed by atoms with Crippen molar-refractivity contribution in [1.29, 1.82) is 0 Å². The van der Waals surface area contributed by atoms with Crippen molar-refractivity contribution >= 4 is 15.9 Å². The molecule has 0 radical (unpaired) electrons. The molecule has 1 aromatic carbocycles. The molecule has 22 heavy (non-hydrogen) atoms. The van der Waals surface area contributed by atoms with Crippen LogP contribution in [0.4, 0.5) is 13.2 Å². The first kappa shape index (κ1) is 18.4. The summed E-state index contributed by atoms with van der Waals surface area (Å²) in [6.07, 6.45) is -4.47. The van der Waals surface area contributed by atoms with Crippen molar-refractivity contribution in [2.75, 3.05) is 13.6 Å². The molecule has 1 amide bonds. The molecule has 0 unspecified atom stereocenters. The molecule has 5 nitrogen and oxygen atoms in total. The van der Waals surface area contributed by atoms with Crippen LogP contribution in [0.3, 0.4) is 0 Å². The average Bonchev–Trinajstić information content (AvgIpc) is 2.35. The summed E-state index contributed by atoms with van der Waals surface area (Å²) in [6, 6.07) is 6.92. The van der Waals surface area contributed by atoms with E-state index in [4.69, 9.17) is 0 Å². The van der Waals surface area contributed by atoms with E-state index in [2.05, 4.69) is 0 Å². The molecule has 9 heteroatoms. The van der Waals surface area contributed by atoms with Gasteiger partial charge in [-0.15, -0.1) is 0 Å². The smallest absolute Gasteiger partial charge is 0.287 e. The van der Waals surface area contributed by atoms with Gasteiger partial charge in [0.2, 0.25) is 15.9 Å². The van der Waals surface area contributed by atoms with Gasteiger partial charge in [-0.3, -0.25) is 14.4 Å². The molecule has 1 atom stereocenters. The Bertz CT molecular complexity index is 603. The summed E-state index contributed by atoms with van der Waals surface area (Å²) in [7, 11) is -2.86. The van der Waals surface area contributed by atoms with Gasteiger partial charge in [-0.2, -0.15) is 13.2 Å². The summed E-state index contributed by atoms with van der Waals surface area (Å²) in [5.74, 6) is -1.42. The molecule has 0 heterocycles. The number of nitrogens with one attached hydrogen (secondary N) is 1. The zero-order valence-electron chi connectivity index (χ0n) is 12.1. The Kier molecular flexibility index (Phi) is 5.95. The lowest BCUT2D eigenvalue weighted by molar-refractivity contribution is -0.150. The van der Waals surface area contributed by atoms with Crippen LogP contribution < -0.4 is 4.72 Å². The third kappa shape index (κ3) is 6.44. The quantitative estimate of drug-likeness (QED) is 0.854. The summed E-state index contributed by atoms with van der Waals surface area (Å²) < 4.78 is 62.3. The molecule has 0 aromatic heterocycles. The maximum absolute atomic E-state index is 12.3. The number of nitrogens with zero attached hydrogens (tertiary/aromatic N) is 1. The molecular formula is C13H17F3N2O3S. The van der Waals surface area contributed by atoms with Crippen molar-refractivity contribution in [2.24, 2.45) is 0 Å². The van der Waals surface area contributed by atoms with E-state index >= 15 is 0 Å². The zero-order chi connectivity index (χ0) is 17.0. The SMILES string of the molecule is C[C@H](C(=O)NS(=O)(=O)Cc1ccccc1)N(C)CC(F)(F)F. The molecule has 1 N–H and O–H groups in total. The molecule has 124 valence electrons. The van der Waals surface area contributed by atoms with Crippen LogP contribution in [0.25, 0.3) is 0 Å². The van der Waals surface area contributed by atoms with Gasteiger partial charge < -0.3 is 0 Å². The van der Waals surface area contributed by atoms with Crippen molar-refractivity contribution in [3.8, 4) is 0 Å². The van der Waals surface area contributed by atoms with Gasteiger partial charge in [-0.1, -0.05) is 30.3 Å². The lowest BCUT2D eigenvalue weighted by Gasteiger charge is -2.24. The van der Waals surface area contributed by atoms with Crippen LogP contribution in [-0.4, -0.2) is 45.0 Å². The van der Waals surface area contributed by atoms with Gasteiger partial charge in [-0.05, 0) is 19.5 Å². The molecule has 0 aliphatic rings. The van der Waals surface area contributed by atoms with Gasteiger partial charge in [0.15, 0.2) is 0 Å². The summed E-state index contributed by atoms with van der Waals surface area (Å²) in [6.45, 7) is -0.0978. The standard InChI is InChI=1S/C13H17F3N2O3S/c1-10(18(2)9-13(14,15)16)12(19)17-22(20,21)8-11-6-4-3-5-7-11/h3-7,10H,8-9H2,1-2H3,(H,17,19)/t10-/m1/s1. The lowest BCUT2D eigenvalue weighted by Crippen LogP contribution is -2.48. The van der Waals surface area contributed by atoms with E-state index < -0.39 is 40.4 Å². The van der Waals surface area contributed by atoms with Gasteiger partial charge in [0.25, 0.3) is 0 Å². The predicted octanol–water partition coefficient (Wildman–Crippen LogP) is 1.52. The fraction of sp³-hybridized carbons (Fsp3) is 0.462. The fourth-order valence-corrected chi connectivity index (χ4v) is 2.87. The number of hydrogen-bond donors (Lipinski definition) is 1. The highest BCUT2D eigenvalue weighted by atomic mass is 32.2. The van der Waals surface area contributed by atoms with Gasteiger partial charge in [0, 0.05) is 0 Å². The predicted molar refractivity (Wildman–Crippen MR) is 75.4 cm³/mol. The van der Waals surface area contributed by atoms with Crippen molar-refractivity contribution in [1.82, 2.24) is 9.62 Å². The molecule has 0 saturated carbocycles. The molecule has 0 spiro atoms. The van der Waals surface area contributed by atoms with E-state index in [0.717, 1.165) is 11.9 Å². The first-order chi connectivity index (χ1) is 10.0. The number of sulfonamides is 1. The van der Waals surface area contributed by atoms with E-state index in [1.54, 1.807) is 35.1 Å². The van der Waals surface area contributed by atoms with Crippen LogP contribution in [0.15, 0.2) is 30.3 Å². The Morgan fingerprint density at radius 2 is 1.82 bits per heavy atom. The number of benzene rings is 1. The minimum atomic E-state index is -4.47. The fourth-order valence-electron chi connectivity index (χ4n) is 1.69. The van der Waals surface area contributed by atoms with Crippen molar-refractivity contribution in [2.45, 2.75) is 24.9 Å². The first-order valence-corrected chi connectivity index (χ1v) is 8.00. The molecule has 0 fully saturated rings. The van der Waals surface area contributed by atoms with Gasteiger partial charge >= 0.3 is 6.18 Å². The third-order valence-corrected chi connectivity index (χ3v) is 4.15. The second-order valence-electron chi connectivity index (χ2n) is 4.92. The Balaban J connectivity index is 2.66. The number of likely N-dealkylation sites (N-methyl/N-ethyl adjacent to an activating group) is 1. The average molecular weight is 338 g/mol.